The van der Waals surface area contributed by atoms with Crippen molar-refractivity contribution >= 4 is 11.9 Å². The summed E-state index contributed by atoms with van der Waals surface area (Å²) in [7, 11) is 1.58. The number of carbonyl (C=O) groups is 2. The van der Waals surface area contributed by atoms with Crippen LogP contribution in [0.25, 0.3) is 0 Å². The minimum absolute atomic E-state index is 0.0726. The predicted molar refractivity (Wildman–Crippen MR) is 33.2 cm³/mol. The second-order valence-corrected chi connectivity index (χ2v) is 2.33. The number of hydrogen-bond acceptors (Lipinski definition) is 3. The van der Waals surface area contributed by atoms with Gasteiger partial charge in [-0.25, -0.2) is 0 Å². The van der Waals surface area contributed by atoms with E-state index in [4.69, 9.17) is 0 Å². The topological polar surface area (TPSA) is 46.6 Å². The lowest BCUT2D eigenvalue weighted by molar-refractivity contribution is -0.168. The van der Waals surface area contributed by atoms with Crippen molar-refractivity contribution in [2.45, 2.75) is 13.0 Å². The molecule has 4 nitrogen and oxygen atoms in total. The summed E-state index contributed by atoms with van der Waals surface area (Å²) in [6.45, 7) is 1.64. The Morgan fingerprint density at radius 2 is 2.20 bits per heavy atom. The number of cyclic esters (lactones) is 1. The summed E-state index contributed by atoms with van der Waals surface area (Å²) < 4.78 is 4.64. The normalized spacial score (nSPS) is 26.6. The van der Waals surface area contributed by atoms with Crippen molar-refractivity contribution in [2.24, 2.45) is 0 Å². The standard InChI is InChI=1S/C6H9NO3/c1-4-6(9)7(2)3-5(8)10-4/h4H,3H2,1-2H3. The lowest BCUT2D eigenvalue weighted by atomic mass is 10.3. The molecule has 0 radical (unpaired) electrons. The zero-order valence-corrected chi connectivity index (χ0v) is 5.96. The van der Waals surface area contributed by atoms with Gasteiger partial charge in [-0.15, -0.1) is 0 Å². The molecule has 1 unspecified atom stereocenters. The third-order valence-electron chi connectivity index (χ3n) is 1.40. The molecule has 10 heavy (non-hydrogen) atoms. The van der Waals surface area contributed by atoms with Gasteiger partial charge < -0.3 is 9.64 Å². The molecule has 1 atom stereocenters. The van der Waals surface area contributed by atoms with Crippen LogP contribution in [0.3, 0.4) is 0 Å². The van der Waals surface area contributed by atoms with Crippen LogP contribution in [0.2, 0.25) is 0 Å². The maximum Gasteiger partial charge on any atom is 0.326 e. The Morgan fingerprint density at radius 3 is 2.70 bits per heavy atom. The lowest BCUT2D eigenvalue weighted by Crippen LogP contribution is -2.46. The number of carbonyl (C=O) groups excluding carboxylic acids is 2. The van der Waals surface area contributed by atoms with Crippen LogP contribution >= 0.6 is 0 Å². The monoisotopic (exact) mass is 143 g/mol. The highest BCUT2D eigenvalue weighted by Crippen LogP contribution is 2.04. The minimum atomic E-state index is -0.605. The van der Waals surface area contributed by atoms with Gasteiger partial charge in [-0.1, -0.05) is 0 Å². The summed E-state index contributed by atoms with van der Waals surface area (Å²) in [5.74, 6) is -0.478. The van der Waals surface area contributed by atoms with E-state index < -0.39 is 6.10 Å². The fraction of sp³-hybridized carbons (Fsp3) is 0.667. The van der Waals surface area contributed by atoms with Gasteiger partial charge in [0.1, 0.15) is 6.54 Å². The molecule has 0 aromatic carbocycles. The van der Waals surface area contributed by atoms with Crippen LogP contribution in [-0.2, 0) is 14.3 Å². The summed E-state index contributed by atoms with van der Waals surface area (Å²) >= 11 is 0. The van der Waals surface area contributed by atoms with Crippen molar-refractivity contribution in [3.8, 4) is 0 Å². The van der Waals surface area contributed by atoms with Gasteiger partial charge >= 0.3 is 5.97 Å². The molecule has 0 aliphatic carbocycles. The molecule has 1 amide bonds. The molecule has 0 bridgehead atoms. The molecule has 4 heteroatoms. The number of amides is 1. The molecule has 0 saturated carbocycles. The lowest BCUT2D eigenvalue weighted by Gasteiger charge is -2.25. The van der Waals surface area contributed by atoms with E-state index in [0.717, 1.165) is 0 Å². The molecule has 1 fully saturated rings. The van der Waals surface area contributed by atoms with Gasteiger partial charge in [0.05, 0.1) is 0 Å². The van der Waals surface area contributed by atoms with E-state index in [-0.39, 0.29) is 18.4 Å². The molecule has 0 aromatic rings. The maximum absolute atomic E-state index is 10.9. The van der Waals surface area contributed by atoms with Gasteiger partial charge in [-0.05, 0) is 6.92 Å². The average Bonchev–Trinajstić information content (AvgIpc) is 1.82. The van der Waals surface area contributed by atoms with Crippen molar-refractivity contribution in [3.05, 3.63) is 0 Å². The number of ether oxygens (including phenoxy) is 1. The first-order valence-electron chi connectivity index (χ1n) is 3.05. The molecule has 56 valence electrons. The van der Waals surface area contributed by atoms with Crippen LogP contribution in [0.1, 0.15) is 6.92 Å². The van der Waals surface area contributed by atoms with Crippen molar-refractivity contribution in [2.75, 3.05) is 13.6 Å². The second kappa shape index (κ2) is 2.28. The molecular formula is C6H9NO3. The Bertz CT molecular complexity index is 162. The van der Waals surface area contributed by atoms with Crippen molar-refractivity contribution in [1.82, 2.24) is 4.90 Å². The van der Waals surface area contributed by atoms with Gasteiger partial charge in [0.25, 0.3) is 5.91 Å². The fourth-order valence-corrected chi connectivity index (χ4v) is 0.867. The first-order chi connectivity index (χ1) is 4.61. The number of esters is 1. The quantitative estimate of drug-likeness (QED) is 0.425. The van der Waals surface area contributed by atoms with Crippen LogP contribution in [-0.4, -0.2) is 36.5 Å². The van der Waals surface area contributed by atoms with Crippen molar-refractivity contribution in [1.29, 1.82) is 0 Å². The number of nitrogens with zero attached hydrogens (tertiary/aromatic N) is 1. The summed E-state index contributed by atoms with van der Waals surface area (Å²) in [4.78, 5) is 22.9. The summed E-state index contributed by atoms with van der Waals surface area (Å²) in [6, 6.07) is 0. The summed E-state index contributed by atoms with van der Waals surface area (Å²) in [5, 5.41) is 0. The third-order valence-corrected chi connectivity index (χ3v) is 1.40. The number of hydrogen-bond donors (Lipinski definition) is 0. The predicted octanol–water partition coefficient (Wildman–Crippen LogP) is -0.610. The minimum Gasteiger partial charge on any atom is -0.451 e. The summed E-state index contributed by atoms with van der Waals surface area (Å²) in [6.07, 6.45) is -0.605. The van der Waals surface area contributed by atoms with Crippen LogP contribution in [0, 0.1) is 0 Å². The third kappa shape index (κ3) is 1.10. The smallest absolute Gasteiger partial charge is 0.326 e. The second-order valence-electron chi connectivity index (χ2n) is 2.33. The zero-order chi connectivity index (χ0) is 7.72. The van der Waals surface area contributed by atoms with E-state index >= 15 is 0 Å². The zero-order valence-electron chi connectivity index (χ0n) is 5.96. The molecule has 1 rings (SSSR count). The van der Waals surface area contributed by atoms with E-state index in [2.05, 4.69) is 4.74 Å². The Kier molecular flexibility index (Phi) is 1.61. The highest BCUT2D eigenvalue weighted by molar-refractivity contribution is 5.89. The van der Waals surface area contributed by atoms with Crippen LogP contribution in [0.15, 0.2) is 0 Å². The molecule has 1 aliphatic rings. The number of rotatable bonds is 0. The number of likely N-dealkylation sites (N-methyl/N-ethyl adjacent to an activating group) is 1. The molecule has 0 aromatic heterocycles. The van der Waals surface area contributed by atoms with Gasteiger partial charge in [-0.3, -0.25) is 9.59 Å². The molecule has 1 saturated heterocycles. The highest BCUT2D eigenvalue weighted by Gasteiger charge is 2.28. The first kappa shape index (κ1) is 7.05. The van der Waals surface area contributed by atoms with Gasteiger partial charge in [0, 0.05) is 7.05 Å². The van der Waals surface area contributed by atoms with Crippen molar-refractivity contribution < 1.29 is 14.3 Å². The average molecular weight is 143 g/mol. The van der Waals surface area contributed by atoms with E-state index in [1.54, 1.807) is 14.0 Å². The van der Waals surface area contributed by atoms with Crippen LogP contribution in [0.4, 0.5) is 0 Å². The molecule has 1 aliphatic heterocycles. The molecule has 0 spiro atoms. The Morgan fingerprint density at radius 1 is 1.60 bits per heavy atom. The number of morpholine rings is 1. The summed E-state index contributed by atoms with van der Waals surface area (Å²) in [5.41, 5.74) is 0. The van der Waals surface area contributed by atoms with Crippen LogP contribution < -0.4 is 0 Å². The van der Waals surface area contributed by atoms with E-state index in [0.29, 0.717) is 0 Å². The fourth-order valence-electron chi connectivity index (χ4n) is 0.867. The first-order valence-corrected chi connectivity index (χ1v) is 3.05. The van der Waals surface area contributed by atoms with Gasteiger partial charge in [-0.2, -0.15) is 0 Å². The molecule has 0 N–H and O–H groups in total. The van der Waals surface area contributed by atoms with Crippen molar-refractivity contribution in [3.63, 3.8) is 0 Å². The van der Waals surface area contributed by atoms with Crippen LogP contribution in [0.5, 0.6) is 0 Å². The van der Waals surface area contributed by atoms with Gasteiger partial charge in [0.15, 0.2) is 6.10 Å². The Balaban J connectivity index is 2.66. The van der Waals surface area contributed by atoms with E-state index in [1.165, 1.54) is 4.90 Å². The highest BCUT2D eigenvalue weighted by atomic mass is 16.6. The van der Waals surface area contributed by atoms with E-state index in [1.807, 2.05) is 0 Å². The SMILES string of the molecule is CC1OC(=O)CN(C)C1=O. The van der Waals surface area contributed by atoms with Gasteiger partial charge in [0.2, 0.25) is 0 Å². The maximum atomic E-state index is 10.9. The molecule has 1 heterocycles. The largest absolute Gasteiger partial charge is 0.451 e. The van der Waals surface area contributed by atoms with E-state index in [9.17, 15) is 9.59 Å². The molecular weight excluding hydrogens is 134 g/mol. The Labute approximate surface area is 58.8 Å². The Hall–Kier alpha value is -1.06.